The monoisotopic (exact) mass is 381 g/mol. The molecule has 8 nitrogen and oxygen atoms in total. The van der Waals surface area contributed by atoms with Gasteiger partial charge in [-0.2, -0.15) is 0 Å². The highest BCUT2D eigenvalue weighted by Crippen LogP contribution is 2.28. The second kappa shape index (κ2) is 7.84. The molecule has 2 fully saturated rings. The highest BCUT2D eigenvalue weighted by Gasteiger charge is 2.36. The second-order valence-corrected chi connectivity index (χ2v) is 7.01. The average Bonchev–Trinajstić information content (AvgIpc) is 3.38. The summed E-state index contributed by atoms with van der Waals surface area (Å²) in [6, 6.07) is 7.18. The van der Waals surface area contributed by atoms with Gasteiger partial charge >= 0.3 is 6.03 Å². The Bertz CT molecular complexity index is 847. The number of anilines is 2. The number of carbonyl (C=O) groups is 2. The van der Waals surface area contributed by atoms with E-state index in [1.807, 2.05) is 4.90 Å². The number of nitrogens with one attached hydrogen (secondary N) is 1. The molecular weight excluding hydrogens is 358 g/mol. The zero-order valence-electron chi connectivity index (χ0n) is 15.8. The smallest absolute Gasteiger partial charge is 0.326 e. The first-order valence-electron chi connectivity index (χ1n) is 9.51. The lowest BCUT2D eigenvalue weighted by atomic mass is 10.2. The van der Waals surface area contributed by atoms with E-state index >= 15 is 0 Å². The van der Waals surface area contributed by atoms with Gasteiger partial charge in [0.05, 0.1) is 24.6 Å². The van der Waals surface area contributed by atoms with Gasteiger partial charge < -0.3 is 15.0 Å². The molecule has 1 aliphatic carbocycles. The van der Waals surface area contributed by atoms with E-state index in [1.165, 1.54) is 26.1 Å². The van der Waals surface area contributed by atoms with Gasteiger partial charge in [0.2, 0.25) is 5.88 Å². The highest BCUT2D eigenvalue weighted by molar-refractivity contribution is 6.04. The summed E-state index contributed by atoms with van der Waals surface area (Å²) in [5.74, 6) is 0.772. The molecule has 0 radical (unpaired) electrons. The lowest BCUT2D eigenvalue weighted by Crippen LogP contribution is -2.38. The lowest BCUT2D eigenvalue weighted by molar-refractivity contribution is 0.102. The first-order chi connectivity index (χ1) is 13.7. The van der Waals surface area contributed by atoms with Crippen LogP contribution in [0, 0.1) is 0 Å². The SMILES string of the molecule is COc1ccc(C(=O)Nc2ccc(N3CCN(C4CCCC4)C3=O)nc2)cn1. The number of nitrogens with zero attached hydrogens (tertiary/aromatic N) is 4. The Morgan fingerprint density at radius 2 is 1.93 bits per heavy atom. The van der Waals surface area contributed by atoms with E-state index in [4.69, 9.17) is 4.74 Å². The van der Waals surface area contributed by atoms with E-state index in [-0.39, 0.29) is 11.9 Å². The number of ether oxygens (including phenoxy) is 1. The Morgan fingerprint density at radius 3 is 2.57 bits per heavy atom. The van der Waals surface area contributed by atoms with Crippen LogP contribution in [0.15, 0.2) is 36.7 Å². The van der Waals surface area contributed by atoms with Crippen LogP contribution >= 0.6 is 0 Å². The summed E-state index contributed by atoms with van der Waals surface area (Å²) in [7, 11) is 1.52. The minimum absolute atomic E-state index is 0.0282. The molecule has 2 aliphatic rings. The van der Waals surface area contributed by atoms with Crippen LogP contribution in [0.1, 0.15) is 36.0 Å². The van der Waals surface area contributed by atoms with E-state index in [2.05, 4.69) is 15.3 Å². The van der Waals surface area contributed by atoms with Crippen molar-refractivity contribution < 1.29 is 14.3 Å². The van der Waals surface area contributed by atoms with Gasteiger partial charge in [-0.15, -0.1) is 0 Å². The standard InChI is InChI=1S/C20H23N5O3/c1-28-18-9-6-14(12-22-18)19(26)23-15-7-8-17(21-13-15)25-11-10-24(20(25)27)16-4-2-3-5-16/h6-9,12-13,16H,2-5,10-11H2,1H3,(H,23,26). The minimum atomic E-state index is -0.283. The molecule has 2 aromatic rings. The fourth-order valence-electron chi connectivity index (χ4n) is 3.78. The second-order valence-electron chi connectivity index (χ2n) is 7.01. The largest absolute Gasteiger partial charge is 0.481 e. The van der Waals surface area contributed by atoms with Gasteiger partial charge in [0.15, 0.2) is 0 Å². The number of aromatic nitrogens is 2. The summed E-state index contributed by atoms with van der Waals surface area (Å²) in [6.45, 7) is 1.39. The predicted molar refractivity (Wildman–Crippen MR) is 105 cm³/mol. The van der Waals surface area contributed by atoms with Crippen LogP contribution in [0.25, 0.3) is 0 Å². The van der Waals surface area contributed by atoms with E-state index in [1.54, 1.807) is 35.4 Å². The van der Waals surface area contributed by atoms with Gasteiger partial charge in [0, 0.05) is 31.4 Å². The molecule has 0 atom stereocenters. The molecule has 146 valence electrons. The number of hydrogen-bond donors (Lipinski definition) is 1. The number of carbonyl (C=O) groups excluding carboxylic acids is 2. The molecule has 1 saturated heterocycles. The molecule has 0 bridgehead atoms. The van der Waals surface area contributed by atoms with E-state index in [0.717, 1.165) is 19.4 Å². The quantitative estimate of drug-likeness (QED) is 0.860. The minimum Gasteiger partial charge on any atom is -0.481 e. The van der Waals surface area contributed by atoms with Crippen LogP contribution in [-0.2, 0) is 0 Å². The number of hydrogen-bond acceptors (Lipinski definition) is 5. The van der Waals surface area contributed by atoms with Gasteiger partial charge in [0.1, 0.15) is 5.82 Å². The van der Waals surface area contributed by atoms with Crippen molar-refractivity contribution in [3.63, 3.8) is 0 Å². The predicted octanol–water partition coefficient (Wildman–Crippen LogP) is 2.92. The van der Waals surface area contributed by atoms with Crippen LogP contribution in [0.4, 0.5) is 16.3 Å². The normalized spacial score (nSPS) is 17.2. The van der Waals surface area contributed by atoms with Crippen molar-refractivity contribution in [2.45, 2.75) is 31.7 Å². The molecule has 28 heavy (non-hydrogen) atoms. The maximum Gasteiger partial charge on any atom is 0.326 e. The van der Waals surface area contributed by atoms with Crippen molar-refractivity contribution in [2.75, 3.05) is 30.4 Å². The van der Waals surface area contributed by atoms with Crippen molar-refractivity contribution >= 4 is 23.4 Å². The Labute approximate surface area is 163 Å². The van der Waals surface area contributed by atoms with Crippen molar-refractivity contribution in [3.05, 3.63) is 42.2 Å². The first kappa shape index (κ1) is 18.2. The highest BCUT2D eigenvalue weighted by atomic mass is 16.5. The fraction of sp³-hybridized carbons (Fsp3) is 0.400. The van der Waals surface area contributed by atoms with Crippen LogP contribution in [-0.4, -0.2) is 53.0 Å². The topological polar surface area (TPSA) is 87.7 Å². The number of amides is 3. The van der Waals surface area contributed by atoms with Gasteiger partial charge in [-0.1, -0.05) is 12.8 Å². The first-order valence-corrected chi connectivity index (χ1v) is 9.51. The molecule has 4 rings (SSSR count). The van der Waals surface area contributed by atoms with Gasteiger partial charge in [-0.25, -0.2) is 14.8 Å². The Morgan fingerprint density at radius 1 is 1.11 bits per heavy atom. The van der Waals surface area contributed by atoms with E-state index in [0.29, 0.717) is 35.5 Å². The molecule has 2 aromatic heterocycles. The van der Waals surface area contributed by atoms with Crippen LogP contribution in [0.3, 0.4) is 0 Å². The maximum absolute atomic E-state index is 12.7. The zero-order valence-corrected chi connectivity index (χ0v) is 15.8. The number of urea groups is 1. The molecule has 8 heteroatoms. The summed E-state index contributed by atoms with van der Waals surface area (Å²) < 4.78 is 4.99. The number of methoxy groups -OCH3 is 1. The molecular formula is C20H23N5O3. The molecule has 0 spiro atoms. The maximum atomic E-state index is 12.7. The van der Waals surface area contributed by atoms with Crippen molar-refractivity contribution in [1.29, 1.82) is 0 Å². The Balaban J connectivity index is 1.39. The summed E-state index contributed by atoms with van der Waals surface area (Å²) in [5.41, 5.74) is 0.982. The van der Waals surface area contributed by atoms with E-state index < -0.39 is 0 Å². The molecule has 1 saturated carbocycles. The van der Waals surface area contributed by atoms with Crippen molar-refractivity contribution in [3.8, 4) is 5.88 Å². The van der Waals surface area contributed by atoms with Gasteiger partial charge in [0.25, 0.3) is 5.91 Å². The average molecular weight is 381 g/mol. The third-order valence-electron chi connectivity index (χ3n) is 5.30. The third kappa shape index (κ3) is 3.62. The molecule has 1 N–H and O–H groups in total. The Kier molecular flexibility index (Phi) is 5.10. The van der Waals surface area contributed by atoms with E-state index in [9.17, 15) is 9.59 Å². The molecule has 3 amide bonds. The lowest BCUT2D eigenvalue weighted by Gasteiger charge is -2.23. The zero-order chi connectivity index (χ0) is 19.5. The number of pyridine rings is 2. The van der Waals surface area contributed by atoms with Gasteiger partial charge in [-0.3, -0.25) is 9.69 Å². The van der Waals surface area contributed by atoms with Crippen molar-refractivity contribution in [2.24, 2.45) is 0 Å². The van der Waals surface area contributed by atoms with Crippen molar-refractivity contribution in [1.82, 2.24) is 14.9 Å². The molecule has 3 heterocycles. The number of rotatable bonds is 5. The van der Waals surface area contributed by atoms with Crippen LogP contribution in [0.5, 0.6) is 5.88 Å². The summed E-state index contributed by atoms with van der Waals surface area (Å²) in [5, 5.41) is 2.78. The molecule has 0 unspecified atom stereocenters. The Hall–Kier alpha value is -3.16. The fourth-order valence-corrected chi connectivity index (χ4v) is 3.78. The summed E-state index contributed by atoms with van der Waals surface area (Å²) in [6.07, 6.45) is 7.61. The molecule has 0 aromatic carbocycles. The van der Waals surface area contributed by atoms with Crippen LogP contribution < -0.4 is 15.0 Å². The van der Waals surface area contributed by atoms with Gasteiger partial charge in [-0.05, 0) is 31.0 Å². The third-order valence-corrected chi connectivity index (χ3v) is 5.30. The summed E-state index contributed by atoms with van der Waals surface area (Å²) in [4.78, 5) is 37.1. The molecule has 1 aliphatic heterocycles. The summed E-state index contributed by atoms with van der Waals surface area (Å²) >= 11 is 0. The van der Waals surface area contributed by atoms with Crippen LogP contribution in [0.2, 0.25) is 0 Å².